The van der Waals surface area contributed by atoms with Gasteiger partial charge in [0.25, 0.3) is 5.91 Å². The summed E-state index contributed by atoms with van der Waals surface area (Å²) in [7, 11) is 0. The number of hydrogen-bond acceptors (Lipinski definition) is 4. The van der Waals surface area contributed by atoms with Gasteiger partial charge < -0.3 is 5.32 Å². The summed E-state index contributed by atoms with van der Waals surface area (Å²) in [4.78, 5) is 17.7. The maximum absolute atomic E-state index is 12.5. The first kappa shape index (κ1) is 12.8. The summed E-state index contributed by atoms with van der Waals surface area (Å²) in [5.41, 5.74) is 0.816. The van der Waals surface area contributed by atoms with E-state index >= 15 is 0 Å². The minimum Gasteiger partial charge on any atom is -0.339 e. The van der Waals surface area contributed by atoms with E-state index in [1.165, 1.54) is 11.3 Å². The van der Waals surface area contributed by atoms with E-state index < -0.39 is 0 Å². The van der Waals surface area contributed by atoms with Gasteiger partial charge in [0, 0.05) is 11.6 Å². The third-order valence-corrected chi connectivity index (χ3v) is 5.71. The number of aromatic nitrogens is 1. The van der Waals surface area contributed by atoms with Crippen LogP contribution in [0.25, 0.3) is 0 Å². The van der Waals surface area contributed by atoms with E-state index in [-0.39, 0.29) is 11.4 Å². The van der Waals surface area contributed by atoms with E-state index in [2.05, 4.69) is 10.3 Å². The molecule has 1 aliphatic carbocycles. The first-order valence-corrected chi connectivity index (χ1v) is 8.24. The van der Waals surface area contributed by atoms with Crippen LogP contribution in [0.3, 0.4) is 0 Å². The molecule has 3 rings (SSSR count). The van der Waals surface area contributed by atoms with E-state index in [4.69, 9.17) is 0 Å². The fourth-order valence-corrected chi connectivity index (χ4v) is 4.38. The molecule has 0 aliphatic heterocycles. The summed E-state index contributed by atoms with van der Waals surface area (Å²) < 4.78 is 0. The van der Waals surface area contributed by atoms with Crippen LogP contribution in [-0.2, 0) is 5.54 Å². The van der Waals surface area contributed by atoms with Crippen LogP contribution in [-0.4, -0.2) is 10.9 Å². The molecule has 100 valence electrons. The van der Waals surface area contributed by atoms with E-state index in [9.17, 15) is 4.79 Å². The monoisotopic (exact) mass is 292 g/mol. The fraction of sp³-hybridized carbons (Fsp3) is 0.429. The maximum atomic E-state index is 12.5. The molecule has 1 fully saturated rings. The first-order valence-electron chi connectivity index (χ1n) is 6.48. The number of carbonyl (C=O) groups excluding carboxylic acids is 1. The minimum absolute atomic E-state index is 0.0459. The highest BCUT2D eigenvalue weighted by Gasteiger charge is 2.39. The van der Waals surface area contributed by atoms with Crippen molar-refractivity contribution >= 4 is 28.6 Å². The zero-order valence-electron chi connectivity index (χ0n) is 10.8. The van der Waals surface area contributed by atoms with Crippen LogP contribution in [0.15, 0.2) is 23.0 Å². The van der Waals surface area contributed by atoms with Crippen LogP contribution in [0.5, 0.6) is 0 Å². The number of thiazole rings is 1. The Bertz CT molecular complexity index is 568. The molecule has 2 heterocycles. The first-order chi connectivity index (χ1) is 9.21. The highest BCUT2D eigenvalue weighted by atomic mass is 32.1. The lowest BCUT2D eigenvalue weighted by Crippen LogP contribution is -2.43. The van der Waals surface area contributed by atoms with Crippen molar-refractivity contribution in [3.63, 3.8) is 0 Å². The van der Waals surface area contributed by atoms with E-state index in [0.717, 1.165) is 41.1 Å². The summed E-state index contributed by atoms with van der Waals surface area (Å²) in [5.74, 6) is 0.0459. The molecule has 0 unspecified atom stereocenters. The topological polar surface area (TPSA) is 42.0 Å². The van der Waals surface area contributed by atoms with Gasteiger partial charge in [0.05, 0.1) is 10.4 Å². The molecule has 2 aromatic rings. The zero-order valence-corrected chi connectivity index (χ0v) is 12.4. The molecule has 19 heavy (non-hydrogen) atoms. The fourth-order valence-electron chi connectivity index (χ4n) is 2.71. The van der Waals surface area contributed by atoms with Crippen molar-refractivity contribution in [1.82, 2.24) is 10.3 Å². The summed E-state index contributed by atoms with van der Waals surface area (Å²) in [6.45, 7) is 1.98. The van der Waals surface area contributed by atoms with Crippen molar-refractivity contribution in [2.45, 2.75) is 38.1 Å². The Morgan fingerprint density at radius 3 is 2.68 bits per heavy atom. The number of hydrogen-bond donors (Lipinski definition) is 1. The second-order valence-electron chi connectivity index (χ2n) is 5.01. The highest BCUT2D eigenvalue weighted by Crippen LogP contribution is 2.40. The van der Waals surface area contributed by atoms with Gasteiger partial charge in [-0.25, -0.2) is 4.98 Å². The van der Waals surface area contributed by atoms with Crippen molar-refractivity contribution < 1.29 is 4.79 Å². The molecule has 1 aliphatic rings. The number of thiophene rings is 1. The van der Waals surface area contributed by atoms with Gasteiger partial charge in [-0.1, -0.05) is 12.8 Å². The van der Waals surface area contributed by atoms with Crippen LogP contribution < -0.4 is 5.32 Å². The summed E-state index contributed by atoms with van der Waals surface area (Å²) in [6.07, 6.45) is 6.13. The third kappa shape index (κ3) is 2.32. The normalized spacial score (nSPS) is 17.5. The van der Waals surface area contributed by atoms with Gasteiger partial charge in [0.2, 0.25) is 0 Å². The summed E-state index contributed by atoms with van der Waals surface area (Å²) in [6, 6.07) is 1.99. The molecule has 1 amide bonds. The molecule has 0 aromatic carbocycles. The number of aryl methyl sites for hydroxylation is 1. The van der Waals surface area contributed by atoms with Gasteiger partial charge in [0.1, 0.15) is 5.01 Å². The lowest BCUT2D eigenvalue weighted by Gasteiger charge is -2.28. The quantitative estimate of drug-likeness (QED) is 0.937. The standard InChI is InChI=1S/C14H16N2OS2/c1-10-4-8-18-11(10)12(17)16-14(5-2-3-6-14)13-15-7-9-19-13/h4,7-9H,2-3,5-6H2,1H3,(H,16,17). The molecule has 0 radical (unpaired) electrons. The predicted molar refractivity (Wildman–Crippen MR) is 78.8 cm³/mol. The Kier molecular flexibility index (Phi) is 3.41. The second-order valence-corrected chi connectivity index (χ2v) is 6.82. The molecule has 0 saturated heterocycles. The van der Waals surface area contributed by atoms with Gasteiger partial charge in [-0.05, 0) is 36.8 Å². The maximum Gasteiger partial charge on any atom is 0.262 e. The number of carbonyl (C=O) groups is 1. The number of nitrogens with one attached hydrogen (secondary N) is 1. The smallest absolute Gasteiger partial charge is 0.262 e. The molecule has 5 heteroatoms. The molecule has 0 spiro atoms. The van der Waals surface area contributed by atoms with Crippen LogP contribution in [0.2, 0.25) is 0 Å². The van der Waals surface area contributed by atoms with Crippen LogP contribution in [0, 0.1) is 6.92 Å². The van der Waals surface area contributed by atoms with Crippen molar-refractivity contribution in [1.29, 1.82) is 0 Å². The molecular formula is C14H16N2OS2. The van der Waals surface area contributed by atoms with Gasteiger partial charge in [-0.3, -0.25) is 4.79 Å². The van der Waals surface area contributed by atoms with Crippen LogP contribution in [0.4, 0.5) is 0 Å². The van der Waals surface area contributed by atoms with E-state index in [1.807, 2.05) is 29.9 Å². The van der Waals surface area contributed by atoms with E-state index in [0.29, 0.717) is 0 Å². The van der Waals surface area contributed by atoms with Crippen molar-refractivity contribution in [2.24, 2.45) is 0 Å². The zero-order chi connectivity index (χ0) is 13.3. The SMILES string of the molecule is Cc1ccsc1C(=O)NC1(c2nccs2)CCCC1. The van der Waals surface area contributed by atoms with Gasteiger partial charge in [-0.2, -0.15) is 0 Å². The molecule has 1 N–H and O–H groups in total. The summed E-state index contributed by atoms with van der Waals surface area (Å²) in [5, 5.41) is 8.26. The molecule has 0 atom stereocenters. The summed E-state index contributed by atoms with van der Waals surface area (Å²) >= 11 is 3.15. The lowest BCUT2D eigenvalue weighted by atomic mass is 9.98. The average Bonchev–Trinajstić information content (AvgIpc) is 3.08. The van der Waals surface area contributed by atoms with Crippen molar-refractivity contribution in [3.05, 3.63) is 38.5 Å². The Hall–Kier alpha value is -1.20. The van der Waals surface area contributed by atoms with Gasteiger partial charge >= 0.3 is 0 Å². The van der Waals surface area contributed by atoms with Gasteiger partial charge in [-0.15, -0.1) is 22.7 Å². The molecule has 0 bridgehead atoms. The van der Waals surface area contributed by atoms with Gasteiger partial charge in [0.15, 0.2) is 0 Å². The Morgan fingerprint density at radius 1 is 1.32 bits per heavy atom. The number of nitrogens with zero attached hydrogens (tertiary/aromatic N) is 1. The minimum atomic E-state index is -0.234. The lowest BCUT2D eigenvalue weighted by molar-refractivity contribution is 0.0901. The second kappa shape index (κ2) is 5.06. The molecular weight excluding hydrogens is 276 g/mol. The molecule has 1 saturated carbocycles. The van der Waals surface area contributed by atoms with Crippen LogP contribution >= 0.6 is 22.7 Å². The van der Waals surface area contributed by atoms with E-state index in [1.54, 1.807) is 11.3 Å². The molecule has 2 aromatic heterocycles. The molecule has 3 nitrogen and oxygen atoms in total. The predicted octanol–water partition coefficient (Wildman–Crippen LogP) is 3.71. The Morgan fingerprint density at radius 2 is 2.11 bits per heavy atom. The van der Waals surface area contributed by atoms with Crippen molar-refractivity contribution in [2.75, 3.05) is 0 Å². The largest absolute Gasteiger partial charge is 0.339 e. The van der Waals surface area contributed by atoms with Crippen molar-refractivity contribution in [3.8, 4) is 0 Å². The Balaban J connectivity index is 1.87. The third-order valence-electron chi connectivity index (χ3n) is 3.72. The average molecular weight is 292 g/mol. The number of rotatable bonds is 3. The number of amides is 1. The Labute approximate surface area is 120 Å². The highest BCUT2D eigenvalue weighted by molar-refractivity contribution is 7.12. The van der Waals surface area contributed by atoms with Crippen LogP contribution in [0.1, 0.15) is 45.9 Å².